The third-order valence-corrected chi connectivity index (χ3v) is 15.5. The molecule has 1 heterocycles. The molecule has 2 aliphatic carbocycles. The van der Waals surface area contributed by atoms with Gasteiger partial charge in [0.05, 0.1) is 16.4 Å². The minimum absolute atomic E-state index is 0.0234. The van der Waals surface area contributed by atoms with Crippen LogP contribution < -0.4 is 4.90 Å². The van der Waals surface area contributed by atoms with E-state index < -0.39 is 0 Å². The fourth-order valence-corrected chi connectivity index (χ4v) is 12.0. The van der Waals surface area contributed by atoms with Crippen molar-refractivity contribution in [2.24, 2.45) is 0 Å². The van der Waals surface area contributed by atoms with Crippen molar-refractivity contribution in [1.82, 2.24) is 0 Å². The predicted molar refractivity (Wildman–Crippen MR) is 268 cm³/mol. The summed E-state index contributed by atoms with van der Waals surface area (Å²) >= 11 is 9.93. The van der Waals surface area contributed by atoms with Crippen molar-refractivity contribution in [2.45, 2.75) is 96.8 Å². The van der Waals surface area contributed by atoms with Crippen molar-refractivity contribution in [1.29, 1.82) is 0 Å². The van der Waals surface area contributed by atoms with Crippen molar-refractivity contribution >= 4 is 50.1 Å². The summed E-state index contributed by atoms with van der Waals surface area (Å²) in [7, 11) is 0. The highest BCUT2D eigenvalue weighted by molar-refractivity contribution is 7.18. The molecular formula is C59H56ClNS. The normalized spacial score (nSPS) is 15.2. The SMILES string of the molecule is CC(C)(C)c1ccc(C(c2cccc(N(c3ccc(C(C)(C)C)cc3)c3csc4c5c(ccc34)C(C)(C)c3ccccc3-5)c2Cl)c2cccc3c2-c2ccccc2C3(C)C)cc1. The molecule has 0 aliphatic heterocycles. The maximum atomic E-state index is 8.09. The maximum absolute atomic E-state index is 8.09. The molecule has 62 heavy (non-hydrogen) atoms. The average Bonchev–Trinajstić information content (AvgIpc) is 3.85. The first-order chi connectivity index (χ1) is 29.5. The average molecular weight is 847 g/mol. The van der Waals surface area contributed by atoms with Gasteiger partial charge in [0, 0.05) is 43.5 Å². The standard InChI is InChI=1S/C59H56ClNS/c1-56(2,3)37-27-25-36(26-28-37)51(43-19-15-23-47-52(43)40-17-11-13-21-45(40)58(47,7)8)44-20-16-24-49(54(44)60)61(39-31-29-38(30-32-39)57(4,5)6)50-35-62-55-42(50)33-34-48-53(55)41-18-12-14-22-46(41)59(48,9)10/h11-35,51H,1-10H3. The molecule has 1 unspecified atom stereocenters. The Morgan fingerprint density at radius 1 is 0.500 bits per heavy atom. The summed E-state index contributed by atoms with van der Waals surface area (Å²) in [6.45, 7) is 23.1. The summed E-state index contributed by atoms with van der Waals surface area (Å²) in [5.74, 6) is -0.125. The van der Waals surface area contributed by atoms with E-state index in [1.807, 2.05) is 11.3 Å². The van der Waals surface area contributed by atoms with Gasteiger partial charge in [0.1, 0.15) is 0 Å². The number of rotatable bonds is 6. The summed E-state index contributed by atoms with van der Waals surface area (Å²) in [4.78, 5) is 2.42. The van der Waals surface area contributed by atoms with Gasteiger partial charge in [-0.15, -0.1) is 11.3 Å². The number of hydrogen-bond donors (Lipinski definition) is 0. The van der Waals surface area contributed by atoms with Gasteiger partial charge >= 0.3 is 0 Å². The highest BCUT2D eigenvalue weighted by atomic mass is 35.5. The number of benzene rings is 7. The molecule has 0 radical (unpaired) electrons. The molecule has 1 nitrogen and oxygen atoms in total. The molecule has 0 amide bonds. The first-order valence-corrected chi connectivity index (χ1v) is 23.4. The number of nitrogens with zero attached hydrogens (tertiary/aromatic N) is 1. The van der Waals surface area contributed by atoms with Crippen LogP contribution in [0, 0.1) is 0 Å². The second kappa shape index (κ2) is 14.3. The van der Waals surface area contributed by atoms with Gasteiger partial charge in [-0.3, -0.25) is 0 Å². The number of hydrogen-bond acceptors (Lipinski definition) is 2. The zero-order valence-corrected chi connectivity index (χ0v) is 39.3. The highest BCUT2D eigenvalue weighted by Crippen LogP contribution is 2.57. The number of anilines is 3. The monoisotopic (exact) mass is 845 g/mol. The molecule has 0 N–H and O–H groups in total. The fraction of sp³-hybridized carbons (Fsp3) is 0.254. The Morgan fingerprint density at radius 3 is 1.63 bits per heavy atom. The summed E-state index contributed by atoms with van der Waals surface area (Å²) in [5.41, 5.74) is 20.1. The van der Waals surface area contributed by atoms with Gasteiger partial charge in [-0.05, 0) is 95.8 Å². The van der Waals surface area contributed by atoms with Crippen molar-refractivity contribution in [3.63, 3.8) is 0 Å². The number of halogens is 1. The lowest BCUT2D eigenvalue weighted by atomic mass is 9.78. The van der Waals surface area contributed by atoms with Crippen LogP contribution >= 0.6 is 22.9 Å². The molecular weight excluding hydrogens is 790 g/mol. The Balaban J connectivity index is 1.21. The van der Waals surface area contributed by atoms with E-state index in [1.54, 1.807) is 0 Å². The lowest BCUT2D eigenvalue weighted by Gasteiger charge is -2.30. The van der Waals surface area contributed by atoms with Crippen LogP contribution in [0.5, 0.6) is 0 Å². The van der Waals surface area contributed by atoms with E-state index in [2.05, 4.69) is 225 Å². The van der Waals surface area contributed by atoms with E-state index in [4.69, 9.17) is 11.6 Å². The zero-order valence-electron chi connectivity index (χ0n) is 37.7. The Hall–Kier alpha value is -5.41. The van der Waals surface area contributed by atoms with Crippen LogP contribution in [0.3, 0.4) is 0 Å². The molecule has 3 heteroatoms. The molecule has 0 saturated carbocycles. The van der Waals surface area contributed by atoms with E-state index >= 15 is 0 Å². The topological polar surface area (TPSA) is 3.24 Å². The van der Waals surface area contributed by atoms with Gasteiger partial charge in [-0.1, -0.05) is 208 Å². The Morgan fingerprint density at radius 2 is 1.02 bits per heavy atom. The van der Waals surface area contributed by atoms with Crippen molar-refractivity contribution in [3.8, 4) is 22.3 Å². The summed E-state index contributed by atoms with van der Waals surface area (Å²) in [6, 6.07) is 54.8. The van der Waals surface area contributed by atoms with Crippen LogP contribution in [-0.4, -0.2) is 0 Å². The summed E-state index contributed by atoms with van der Waals surface area (Å²) in [5, 5.41) is 4.34. The highest BCUT2D eigenvalue weighted by Gasteiger charge is 2.40. The molecule has 0 bridgehead atoms. The first kappa shape index (κ1) is 40.6. The Kier molecular flexibility index (Phi) is 9.38. The second-order valence-corrected chi connectivity index (χ2v) is 22.0. The first-order valence-electron chi connectivity index (χ1n) is 22.2. The lowest BCUT2D eigenvalue weighted by molar-refractivity contribution is 0.590. The van der Waals surface area contributed by atoms with E-state index in [-0.39, 0.29) is 27.6 Å². The summed E-state index contributed by atoms with van der Waals surface area (Å²) in [6.07, 6.45) is 0. The van der Waals surface area contributed by atoms with Gasteiger partial charge in [0.2, 0.25) is 0 Å². The van der Waals surface area contributed by atoms with Crippen LogP contribution in [0.2, 0.25) is 5.02 Å². The Labute approximate surface area is 378 Å². The van der Waals surface area contributed by atoms with Crippen molar-refractivity contribution < 1.29 is 0 Å². The van der Waals surface area contributed by atoms with Gasteiger partial charge in [-0.2, -0.15) is 0 Å². The number of fused-ring (bicyclic) bond motifs is 8. The van der Waals surface area contributed by atoms with Crippen LogP contribution in [0.25, 0.3) is 32.3 Å². The predicted octanol–water partition coefficient (Wildman–Crippen LogP) is 17.4. The third-order valence-electron chi connectivity index (χ3n) is 14.1. The van der Waals surface area contributed by atoms with Crippen LogP contribution in [0.1, 0.15) is 125 Å². The summed E-state index contributed by atoms with van der Waals surface area (Å²) < 4.78 is 1.32. The molecule has 8 aromatic rings. The maximum Gasteiger partial charge on any atom is 0.0688 e. The van der Waals surface area contributed by atoms with Gasteiger partial charge in [-0.25, -0.2) is 0 Å². The van der Waals surface area contributed by atoms with Crippen molar-refractivity contribution in [3.05, 3.63) is 206 Å². The largest absolute Gasteiger partial charge is 0.308 e. The molecule has 0 fully saturated rings. The zero-order chi connectivity index (χ0) is 43.5. The molecule has 2 aliphatic rings. The van der Waals surface area contributed by atoms with E-state index in [1.165, 1.54) is 76.8 Å². The minimum atomic E-state index is -0.125. The third kappa shape index (κ3) is 6.23. The van der Waals surface area contributed by atoms with Crippen LogP contribution in [0.4, 0.5) is 17.1 Å². The quantitative estimate of drug-likeness (QED) is 0.151. The van der Waals surface area contributed by atoms with Crippen molar-refractivity contribution in [2.75, 3.05) is 4.90 Å². The number of thiophene rings is 1. The molecule has 1 aromatic heterocycles. The van der Waals surface area contributed by atoms with E-state index in [0.717, 1.165) is 27.6 Å². The van der Waals surface area contributed by atoms with Gasteiger partial charge in [0.25, 0.3) is 0 Å². The van der Waals surface area contributed by atoms with Gasteiger partial charge < -0.3 is 4.90 Å². The smallest absolute Gasteiger partial charge is 0.0688 e. The molecule has 10 rings (SSSR count). The minimum Gasteiger partial charge on any atom is -0.308 e. The molecule has 0 saturated heterocycles. The van der Waals surface area contributed by atoms with Crippen LogP contribution in [0.15, 0.2) is 151 Å². The molecule has 7 aromatic carbocycles. The second-order valence-electron chi connectivity index (χ2n) is 20.7. The van der Waals surface area contributed by atoms with Crippen LogP contribution in [-0.2, 0) is 21.7 Å². The lowest BCUT2D eigenvalue weighted by Crippen LogP contribution is -2.16. The van der Waals surface area contributed by atoms with Gasteiger partial charge in [0.15, 0.2) is 0 Å². The van der Waals surface area contributed by atoms with E-state index in [0.29, 0.717) is 0 Å². The van der Waals surface area contributed by atoms with E-state index in [9.17, 15) is 0 Å². The molecule has 310 valence electrons. The molecule has 1 atom stereocenters. The fourth-order valence-electron chi connectivity index (χ4n) is 10.6. The Bertz CT molecular complexity index is 3040. The molecule has 0 spiro atoms.